The molecule has 1 aromatic rings. The van der Waals surface area contributed by atoms with Gasteiger partial charge < -0.3 is 14.9 Å². The molecule has 0 spiro atoms. The fourth-order valence-corrected chi connectivity index (χ4v) is 3.83. The number of carbonyl (C=O) groups excluding carboxylic acids is 2. The number of hydrogen-bond acceptors (Lipinski definition) is 4. The second-order valence-corrected chi connectivity index (χ2v) is 7.56. The molecule has 0 unspecified atom stereocenters. The molecule has 2 aliphatic heterocycles. The van der Waals surface area contributed by atoms with Gasteiger partial charge in [-0.15, -0.1) is 0 Å². The number of amides is 2. The zero-order valence-electron chi connectivity index (χ0n) is 15.8. The van der Waals surface area contributed by atoms with Crippen LogP contribution in [0.25, 0.3) is 5.76 Å². The Labute approximate surface area is 164 Å². The maximum Gasteiger partial charge on any atom is 0.272 e. The summed E-state index contributed by atoms with van der Waals surface area (Å²) in [5.74, 6) is -0.377. The van der Waals surface area contributed by atoms with E-state index in [2.05, 4.69) is 4.99 Å². The van der Waals surface area contributed by atoms with Crippen molar-refractivity contribution in [2.75, 3.05) is 20.1 Å². The topological polar surface area (TPSA) is 73.2 Å². The fourth-order valence-electron chi connectivity index (χ4n) is 3.51. The predicted octanol–water partition coefficient (Wildman–Crippen LogP) is 3.30. The molecule has 2 aliphatic rings. The quantitative estimate of drug-likeness (QED) is 0.634. The first-order valence-electron chi connectivity index (χ1n) is 9.14. The summed E-state index contributed by atoms with van der Waals surface area (Å²) in [5.41, 5.74) is 1.93. The average Bonchev–Trinajstić information content (AvgIpc) is 3.27. The van der Waals surface area contributed by atoms with Gasteiger partial charge in [-0.25, -0.2) is 0 Å². The molecule has 0 bridgehead atoms. The second kappa shape index (κ2) is 7.72. The second-order valence-electron chi connectivity index (χ2n) is 7.16. The van der Waals surface area contributed by atoms with Gasteiger partial charge in [0.05, 0.1) is 10.6 Å². The van der Waals surface area contributed by atoms with Crippen LogP contribution in [0.3, 0.4) is 0 Å². The van der Waals surface area contributed by atoms with Gasteiger partial charge in [-0.05, 0) is 44.4 Å². The van der Waals surface area contributed by atoms with E-state index in [1.165, 1.54) is 13.1 Å². The van der Waals surface area contributed by atoms with E-state index in [0.717, 1.165) is 18.4 Å². The molecule has 1 N–H and O–H groups in total. The van der Waals surface area contributed by atoms with E-state index < -0.39 is 0 Å². The molecule has 27 heavy (non-hydrogen) atoms. The summed E-state index contributed by atoms with van der Waals surface area (Å²) >= 11 is 6.33. The minimum atomic E-state index is -0.185. The molecule has 1 saturated heterocycles. The van der Waals surface area contributed by atoms with Gasteiger partial charge in [0, 0.05) is 44.4 Å². The van der Waals surface area contributed by atoms with E-state index in [1.54, 1.807) is 21.9 Å². The van der Waals surface area contributed by atoms with Crippen LogP contribution in [0, 0.1) is 0 Å². The largest absolute Gasteiger partial charge is 0.507 e. The van der Waals surface area contributed by atoms with Crippen LogP contribution in [0.15, 0.2) is 23.2 Å². The highest BCUT2D eigenvalue weighted by Crippen LogP contribution is 2.33. The highest BCUT2D eigenvalue weighted by atomic mass is 35.5. The van der Waals surface area contributed by atoms with Crippen LogP contribution in [0.1, 0.15) is 48.2 Å². The molecular formula is C20H24ClN3O3. The number of aliphatic hydroxyl groups excluding tert-OH is 1. The number of fused-ring (bicyclic) bond motifs is 1. The van der Waals surface area contributed by atoms with E-state index >= 15 is 0 Å². The average molecular weight is 390 g/mol. The first-order chi connectivity index (χ1) is 12.8. The number of nitrogens with zero attached hydrogens (tertiary/aromatic N) is 3. The van der Waals surface area contributed by atoms with E-state index in [0.29, 0.717) is 35.8 Å². The predicted molar refractivity (Wildman–Crippen MR) is 106 cm³/mol. The van der Waals surface area contributed by atoms with E-state index in [4.69, 9.17) is 11.6 Å². The van der Waals surface area contributed by atoms with Crippen LogP contribution in [0.4, 0.5) is 0 Å². The van der Waals surface area contributed by atoms with Gasteiger partial charge in [0.1, 0.15) is 11.5 Å². The van der Waals surface area contributed by atoms with Gasteiger partial charge in [-0.3, -0.25) is 14.6 Å². The van der Waals surface area contributed by atoms with Gasteiger partial charge >= 0.3 is 0 Å². The SMILES string of the molecule is C/N=C(\C=C(/O)c1cc(Cl)c2c(c1)CN(C(C)C)C2=O)C(=O)N1CCCC1. The minimum absolute atomic E-state index is 0.0606. The lowest BCUT2D eigenvalue weighted by atomic mass is 10.0. The van der Waals surface area contributed by atoms with Gasteiger partial charge in [-0.1, -0.05) is 11.6 Å². The van der Waals surface area contributed by atoms with E-state index in [-0.39, 0.29) is 29.3 Å². The Morgan fingerprint density at radius 1 is 1.30 bits per heavy atom. The zero-order chi connectivity index (χ0) is 19.7. The third-order valence-corrected chi connectivity index (χ3v) is 5.33. The van der Waals surface area contributed by atoms with Crippen molar-refractivity contribution in [3.8, 4) is 0 Å². The van der Waals surface area contributed by atoms with Crippen LogP contribution in [-0.2, 0) is 11.3 Å². The van der Waals surface area contributed by atoms with Crippen LogP contribution in [-0.4, -0.2) is 58.6 Å². The minimum Gasteiger partial charge on any atom is -0.507 e. The number of carbonyl (C=O) groups is 2. The molecule has 1 aromatic carbocycles. The van der Waals surface area contributed by atoms with Crippen molar-refractivity contribution in [2.24, 2.45) is 4.99 Å². The van der Waals surface area contributed by atoms with Crippen molar-refractivity contribution in [1.29, 1.82) is 0 Å². The monoisotopic (exact) mass is 389 g/mol. The lowest BCUT2D eigenvalue weighted by molar-refractivity contribution is -0.123. The maximum absolute atomic E-state index is 12.5. The normalized spacial score (nSPS) is 17.9. The summed E-state index contributed by atoms with van der Waals surface area (Å²) in [6, 6.07) is 3.37. The molecule has 0 aliphatic carbocycles. The Balaban J connectivity index is 1.89. The molecule has 0 aromatic heterocycles. The van der Waals surface area contributed by atoms with Crippen molar-refractivity contribution in [1.82, 2.24) is 9.80 Å². The smallest absolute Gasteiger partial charge is 0.272 e. The first kappa shape index (κ1) is 19.4. The summed E-state index contributed by atoms with van der Waals surface area (Å²) in [5, 5.41) is 10.9. The van der Waals surface area contributed by atoms with Crippen molar-refractivity contribution in [3.63, 3.8) is 0 Å². The molecule has 0 atom stereocenters. The maximum atomic E-state index is 12.5. The molecule has 3 rings (SSSR count). The zero-order valence-corrected chi connectivity index (χ0v) is 16.6. The van der Waals surface area contributed by atoms with Gasteiger partial charge in [0.15, 0.2) is 0 Å². The number of rotatable bonds is 4. The van der Waals surface area contributed by atoms with E-state index in [1.807, 2.05) is 13.8 Å². The van der Waals surface area contributed by atoms with Crippen LogP contribution >= 0.6 is 11.6 Å². The van der Waals surface area contributed by atoms with Crippen LogP contribution in [0.5, 0.6) is 0 Å². The summed E-state index contributed by atoms with van der Waals surface area (Å²) in [6.07, 6.45) is 3.34. The number of hydrogen-bond donors (Lipinski definition) is 1. The van der Waals surface area contributed by atoms with Crippen molar-refractivity contribution < 1.29 is 14.7 Å². The summed E-state index contributed by atoms with van der Waals surface area (Å²) < 4.78 is 0. The summed E-state index contributed by atoms with van der Waals surface area (Å²) in [4.78, 5) is 32.5. The number of aliphatic hydroxyl groups is 1. The Hall–Kier alpha value is -2.34. The number of aliphatic imine (C=N–C) groups is 1. The number of benzene rings is 1. The molecule has 7 heteroatoms. The molecule has 144 valence electrons. The first-order valence-corrected chi connectivity index (χ1v) is 9.51. The highest BCUT2D eigenvalue weighted by molar-refractivity contribution is 6.44. The van der Waals surface area contributed by atoms with Gasteiger partial charge in [0.2, 0.25) is 0 Å². The van der Waals surface area contributed by atoms with Crippen molar-refractivity contribution in [2.45, 2.75) is 39.3 Å². The standard InChI is InChI=1S/C20H24ClN3O3/c1-12(2)24-11-14-8-13(9-15(21)18(14)20(24)27)17(25)10-16(22-3)19(26)23-6-4-5-7-23/h8-10,12,25H,4-7,11H2,1-3H3/b17-10-,22-16+. The van der Waals surface area contributed by atoms with Crippen LogP contribution < -0.4 is 0 Å². The molecule has 6 nitrogen and oxygen atoms in total. The highest BCUT2D eigenvalue weighted by Gasteiger charge is 2.32. The Kier molecular flexibility index (Phi) is 5.56. The van der Waals surface area contributed by atoms with E-state index in [9.17, 15) is 14.7 Å². The van der Waals surface area contributed by atoms with Crippen molar-refractivity contribution in [3.05, 3.63) is 39.9 Å². The van der Waals surface area contributed by atoms with Gasteiger partial charge in [0.25, 0.3) is 11.8 Å². The fraction of sp³-hybridized carbons (Fsp3) is 0.450. The molecule has 2 heterocycles. The number of likely N-dealkylation sites (tertiary alicyclic amines) is 1. The lowest BCUT2D eigenvalue weighted by Crippen LogP contribution is -2.33. The lowest BCUT2D eigenvalue weighted by Gasteiger charge is -2.19. The third-order valence-electron chi connectivity index (χ3n) is 5.03. The molecule has 0 radical (unpaired) electrons. The summed E-state index contributed by atoms with van der Waals surface area (Å²) in [7, 11) is 1.53. The number of halogens is 1. The van der Waals surface area contributed by atoms with Crippen LogP contribution in [0.2, 0.25) is 5.02 Å². The van der Waals surface area contributed by atoms with Crippen molar-refractivity contribution >= 4 is 34.9 Å². The Bertz CT molecular complexity index is 839. The van der Waals surface area contributed by atoms with Gasteiger partial charge in [-0.2, -0.15) is 0 Å². The Morgan fingerprint density at radius 3 is 2.56 bits per heavy atom. The molecule has 0 saturated carbocycles. The molecule has 1 fully saturated rings. The molecular weight excluding hydrogens is 366 g/mol. The third kappa shape index (κ3) is 3.72. The summed E-state index contributed by atoms with van der Waals surface area (Å²) in [6.45, 7) is 5.77. The Morgan fingerprint density at radius 2 is 1.96 bits per heavy atom. The molecule has 2 amide bonds.